The molecule has 2 rings (SSSR count). The van der Waals surface area contributed by atoms with E-state index >= 15 is 0 Å². The Morgan fingerprint density at radius 1 is 1.29 bits per heavy atom. The van der Waals surface area contributed by atoms with E-state index in [0.29, 0.717) is 13.1 Å². The van der Waals surface area contributed by atoms with Gasteiger partial charge in [0.25, 0.3) is 0 Å². The number of piperazine rings is 1. The highest BCUT2D eigenvalue weighted by molar-refractivity contribution is 7.88. The Morgan fingerprint density at radius 2 is 1.90 bits per heavy atom. The van der Waals surface area contributed by atoms with Gasteiger partial charge in [0, 0.05) is 24.8 Å². The van der Waals surface area contributed by atoms with Crippen LogP contribution in [0.2, 0.25) is 0 Å². The molecular weight excluding hydrogens is 292 g/mol. The van der Waals surface area contributed by atoms with Gasteiger partial charge in [0.2, 0.25) is 10.0 Å². The van der Waals surface area contributed by atoms with Crippen LogP contribution in [0.4, 0.5) is 5.69 Å². The molecular formula is C14H20N2O4S. The summed E-state index contributed by atoms with van der Waals surface area (Å²) >= 11 is 0. The Hall–Kier alpha value is -1.60. The zero-order valence-electron chi connectivity index (χ0n) is 12.1. The first-order chi connectivity index (χ1) is 9.79. The number of para-hydroxylation sites is 1. The van der Waals surface area contributed by atoms with Gasteiger partial charge in [-0.05, 0) is 19.1 Å². The fourth-order valence-electron chi connectivity index (χ4n) is 2.76. The third-order valence-corrected chi connectivity index (χ3v) is 5.01. The first-order valence-electron chi connectivity index (χ1n) is 6.79. The van der Waals surface area contributed by atoms with Gasteiger partial charge in [-0.3, -0.25) is 4.79 Å². The number of carbonyl (C=O) groups is 1. The molecule has 2 atom stereocenters. The number of aliphatic carboxylic acids is 1. The molecule has 7 heteroatoms. The van der Waals surface area contributed by atoms with Gasteiger partial charge in [0.15, 0.2) is 0 Å². The van der Waals surface area contributed by atoms with Crippen molar-refractivity contribution in [1.29, 1.82) is 0 Å². The number of anilines is 1. The number of rotatable bonds is 4. The van der Waals surface area contributed by atoms with Gasteiger partial charge < -0.3 is 10.0 Å². The molecule has 1 heterocycles. The number of nitrogens with zero attached hydrogens (tertiary/aromatic N) is 2. The van der Waals surface area contributed by atoms with Gasteiger partial charge in [-0.2, -0.15) is 4.31 Å². The summed E-state index contributed by atoms with van der Waals surface area (Å²) in [5, 5.41) is 9.03. The van der Waals surface area contributed by atoms with Crippen molar-refractivity contribution >= 4 is 21.7 Å². The summed E-state index contributed by atoms with van der Waals surface area (Å²) in [5.74, 6) is -0.990. The van der Waals surface area contributed by atoms with Crippen molar-refractivity contribution in [3.63, 3.8) is 0 Å². The second kappa shape index (κ2) is 6.03. The van der Waals surface area contributed by atoms with Gasteiger partial charge >= 0.3 is 5.97 Å². The number of hydrogen-bond acceptors (Lipinski definition) is 4. The maximum absolute atomic E-state index is 11.9. The molecule has 0 radical (unpaired) electrons. The summed E-state index contributed by atoms with van der Waals surface area (Å²) in [5.41, 5.74) is 0.980. The summed E-state index contributed by atoms with van der Waals surface area (Å²) in [4.78, 5) is 13.1. The van der Waals surface area contributed by atoms with Crippen molar-refractivity contribution in [2.45, 2.75) is 25.4 Å². The van der Waals surface area contributed by atoms with Gasteiger partial charge in [-0.1, -0.05) is 18.2 Å². The van der Waals surface area contributed by atoms with Crippen LogP contribution in [0.25, 0.3) is 0 Å². The molecule has 1 saturated heterocycles. The van der Waals surface area contributed by atoms with Crippen LogP contribution in [0.5, 0.6) is 0 Å². The van der Waals surface area contributed by atoms with E-state index in [0.717, 1.165) is 11.9 Å². The molecule has 1 fully saturated rings. The highest BCUT2D eigenvalue weighted by Crippen LogP contribution is 2.25. The molecule has 0 spiro atoms. The molecule has 0 bridgehead atoms. The van der Waals surface area contributed by atoms with E-state index in [1.165, 1.54) is 4.31 Å². The number of hydrogen-bond donors (Lipinski definition) is 1. The average Bonchev–Trinajstić information content (AvgIpc) is 2.39. The summed E-state index contributed by atoms with van der Waals surface area (Å²) < 4.78 is 25.1. The maximum atomic E-state index is 11.9. The first-order valence-corrected chi connectivity index (χ1v) is 8.64. The van der Waals surface area contributed by atoms with Gasteiger partial charge in [-0.15, -0.1) is 0 Å². The molecule has 116 valence electrons. The number of sulfonamides is 1. The van der Waals surface area contributed by atoms with E-state index in [-0.39, 0.29) is 12.5 Å². The lowest BCUT2D eigenvalue weighted by Crippen LogP contribution is -2.59. The van der Waals surface area contributed by atoms with Crippen LogP contribution in [0.3, 0.4) is 0 Å². The van der Waals surface area contributed by atoms with Crippen LogP contribution in [0.15, 0.2) is 30.3 Å². The molecule has 1 aromatic rings. The maximum Gasteiger partial charge on any atom is 0.305 e. The van der Waals surface area contributed by atoms with E-state index in [1.807, 2.05) is 37.3 Å². The molecule has 1 aliphatic heterocycles. The third-order valence-electron chi connectivity index (χ3n) is 3.72. The van der Waals surface area contributed by atoms with E-state index in [9.17, 15) is 13.2 Å². The monoisotopic (exact) mass is 312 g/mol. The summed E-state index contributed by atoms with van der Waals surface area (Å²) in [6.07, 6.45) is 0.940. The van der Waals surface area contributed by atoms with Crippen LogP contribution >= 0.6 is 0 Å². The highest BCUT2D eigenvalue weighted by Gasteiger charge is 2.37. The Kier molecular flexibility index (Phi) is 4.53. The van der Waals surface area contributed by atoms with E-state index in [1.54, 1.807) is 0 Å². The summed E-state index contributed by atoms with van der Waals surface area (Å²) in [6, 6.07) is 9.08. The Balaban J connectivity index is 2.28. The molecule has 6 nitrogen and oxygen atoms in total. The summed E-state index contributed by atoms with van der Waals surface area (Å²) in [6.45, 7) is 2.62. The lowest BCUT2D eigenvalue weighted by atomic mass is 10.1. The second-order valence-electron chi connectivity index (χ2n) is 5.42. The molecule has 0 aliphatic carbocycles. The van der Waals surface area contributed by atoms with E-state index in [4.69, 9.17) is 5.11 Å². The molecule has 0 amide bonds. The second-order valence-corrected chi connectivity index (χ2v) is 7.36. The first kappa shape index (κ1) is 15.8. The molecule has 1 N–H and O–H groups in total. The van der Waals surface area contributed by atoms with Crippen molar-refractivity contribution in [3.8, 4) is 0 Å². The van der Waals surface area contributed by atoms with Crippen LogP contribution in [0.1, 0.15) is 13.3 Å². The van der Waals surface area contributed by atoms with Crippen molar-refractivity contribution in [1.82, 2.24) is 4.31 Å². The summed E-state index contributed by atoms with van der Waals surface area (Å²) in [7, 11) is -3.42. The van der Waals surface area contributed by atoms with E-state index in [2.05, 4.69) is 4.90 Å². The van der Waals surface area contributed by atoms with Crippen LogP contribution in [-0.2, 0) is 14.8 Å². The highest BCUT2D eigenvalue weighted by atomic mass is 32.2. The third kappa shape index (κ3) is 3.74. The number of carboxylic acid groups (broad SMARTS) is 1. The van der Waals surface area contributed by atoms with Crippen molar-refractivity contribution < 1.29 is 18.3 Å². The largest absolute Gasteiger partial charge is 0.481 e. The predicted molar refractivity (Wildman–Crippen MR) is 80.8 cm³/mol. The predicted octanol–water partition coefficient (Wildman–Crippen LogP) is 1.00. The van der Waals surface area contributed by atoms with Gasteiger partial charge in [-0.25, -0.2) is 8.42 Å². The molecule has 0 unspecified atom stereocenters. The van der Waals surface area contributed by atoms with Gasteiger partial charge in [0.1, 0.15) is 0 Å². The Bertz CT molecular complexity index is 603. The average molecular weight is 312 g/mol. The standard InChI is InChI=1S/C14H20N2O4S/c1-11-9-16(21(2,19)20)13(8-14(17)18)10-15(11)12-6-4-3-5-7-12/h3-7,11,13H,8-10H2,1-2H3,(H,17,18)/t11-,13+/m1/s1. The van der Waals surface area contributed by atoms with Crippen LogP contribution in [0, 0.1) is 0 Å². The zero-order chi connectivity index (χ0) is 15.6. The molecule has 1 aliphatic rings. The topological polar surface area (TPSA) is 77.9 Å². The van der Waals surface area contributed by atoms with E-state index < -0.39 is 22.0 Å². The SMILES string of the molecule is C[C@@H]1CN(S(C)(=O)=O)[C@@H](CC(=O)O)CN1c1ccccc1. The van der Waals surface area contributed by atoms with Gasteiger partial charge in [0.05, 0.1) is 18.7 Å². The Labute approximate surface area is 125 Å². The Morgan fingerprint density at radius 3 is 2.43 bits per heavy atom. The molecule has 0 aromatic heterocycles. The quantitative estimate of drug-likeness (QED) is 0.897. The van der Waals surface area contributed by atoms with Crippen molar-refractivity contribution in [2.24, 2.45) is 0 Å². The molecule has 0 saturated carbocycles. The van der Waals surface area contributed by atoms with Crippen molar-refractivity contribution in [2.75, 3.05) is 24.2 Å². The lowest BCUT2D eigenvalue weighted by Gasteiger charge is -2.44. The fraction of sp³-hybridized carbons (Fsp3) is 0.500. The lowest BCUT2D eigenvalue weighted by molar-refractivity contribution is -0.138. The molecule has 21 heavy (non-hydrogen) atoms. The van der Waals surface area contributed by atoms with Crippen molar-refractivity contribution in [3.05, 3.63) is 30.3 Å². The van der Waals surface area contributed by atoms with Crippen LogP contribution < -0.4 is 4.90 Å². The minimum Gasteiger partial charge on any atom is -0.481 e. The molecule has 1 aromatic carbocycles. The normalized spacial score (nSPS) is 24.0. The minimum absolute atomic E-state index is 0.00725. The van der Waals surface area contributed by atoms with Crippen LogP contribution in [-0.4, -0.2) is 55.2 Å². The zero-order valence-corrected chi connectivity index (χ0v) is 13.0. The fourth-order valence-corrected chi connectivity index (χ4v) is 3.93. The minimum atomic E-state index is -3.42. The number of benzene rings is 1. The number of carboxylic acids is 1. The smallest absolute Gasteiger partial charge is 0.305 e.